The molecule has 1 N–H and O–H groups in total. The Bertz CT molecular complexity index is 365. The van der Waals surface area contributed by atoms with Crippen LogP contribution in [0.3, 0.4) is 0 Å². The first-order valence-corrected chi connectivity index (χ1v) is 6.39. The van der Waals surface area contributed by atoms with Gasteiger partial charge in [-0.05, 0) is 35.8 Å². The van der Waals surface area contributed by atoms with Crippen molar-refractivity contribution in [3.8, 4) is 0 Å². The Morgan fingerprint density at radius 1 is 1.29 bits per heavy atom. The third-order valence-electron chi connectivity index (χ3n) is 3.69. The third kappa shape index (κ3) is 2.53. The minimum Gasteiger partial charge on any atom is -0.382 e. The summed E-state index contributed by atoms with van der Waals surface area (Å²) < 4.78 is 5.19. The summed E-state index contributed by atoms with van der Waals surface area (Å²) in [6.45, 7) is 4.74. The zero-order valence-electron chi connectivity index (χ0n) is 10.9. The van der Waals surface area contributed by atoms with Crippen molar-refractivity contribution >= 4 is 0 Å². The molecule has 0 saturated heterocycles. The predicted molar refractivity (Wildman–Crippen MR) is 69.0 cm³/mol. The summed E-state index contributed by atoms with van der Waals surface area (Å²) >= 11 is 0. The number of methoxy groups -OCH3 is 1. The van der Waals surface area contributed by atoms with Crippen molar-refractivity contribution in [3.63, 3.8) is 0 Å². The Hall–Kier alpha value is -0.860. The second-order valence-electron chi connectivity index (χ2n) is 5.41. The standard InChI is InChI=1S/C15H22O2/c1-11(2)12-4-6-13(7-5-12)15(16,10-17-3)14-8-9-14/h4-7,11,14,16H,8-10H2,1-3H3. The minimum atomic E-state index is -0.787. The normalized spacial score (nSPS) is 19.4. The lowest BCUT2D eigenvalue weighted by Crippen LogP contribution is -2.33. The van der Waals surface area contributed by atoms with E-state index < -0.39 is 5.60 Å². The second kappa shape index (κ2) is 4.79. The maximum Gasteiger partial charge on any atom is 0.116 e. The second-order valence-corrected chi connectivity index (χ2v) is 5.41. The molecule has 1 atom stereocenters. The van der Waals surface area contributed by atoms with E-state index in [1.54, 1.807) is 7.11 Å². The van der Waals surface area contributed by atoms with Crippen molar-refractivity contribution in [1.29, 1.82) is 0 Å². The summed E-state index contributed by atoms with van der Waals surface area (Å²) in [5.74, 6) is 0.896. The van der Waals surface area contributed by atoms with Crippen LogP contribution in [0.15, 0.2) is 24.3 Å². The molecule has 0 radical (unpaired) electrons. The Kier molecular flexibility index (Phi) is 3.55. The molecule has 2 rings (SSSR count). The van der Waals surface area contributed by atoms with Gasteiger partial charge in [0.1, 0.15) is 5.60 Å². The molecule has 1 aliphatic rings. The molecule has 0 bridgehead atoms. The molecule has 2 heteroatoms. The Labute approximate surface area is 104 Å². The summed E-state index contributed by atoms with van der Waals surface area (Å²) in [5.41, 5.74) is 1.51. The molecule has 1 saturated carbocycles. The fourth-order valence-corrected chi connectivity index (χ4v) is 2.37. The molecule has 1 unspecified atom stereocenters. The SMILES string of the molecule is COCC(O)(c1ccc(C(C)C)cc1)C1CC1. The van der Waals surface area contributed by atoms with Crippen molar-refractivity contribution in [1.82, 2.24) is 0 Å². The molecule has 1 aliphatic carbocycles. The van der Waals surface area contributed by atoms with E-state index in [9.17, 15) is 5.11 Å². The number of ether oxygens (including phenoxy) is 1. The quantitative estimate of drug-likeness (QED) is 0.848. The first-order chi connectivity index (χ1) is 8.08. The zero-order chi connectivity index (χ0) is 12.5. The molecule has 2 nitrogen and oxygen atoms in total. The summed E-state index contributed by atoms with van der Waals surface area (Å²) in [6, 6.07) is 8.32. The lowest BCUT2D eigenvalue weighted by atomic mass is 9.88. The highest BCUT2D eigenvalue weighted by Crippen LogP contribution is 2.46. The van der Waals surface area contributed by atoms with E-state index in [0.29, 0.717) is 18.4 Å². The van der Waals surface area contributed by atoms with Gasteiger partial charge in [0.15, 0.2) is 0 Å². The predicted octanol–water partition coefficient (Wildman–Crippen LogP) is 3.05. The zero-order valence-corrected chi connectivity index (χ0v) is 10.9. The highest BCUT2D eigenvalue weighted by Gasteiger charge is 2.45. The van der Waals surface area contributed by atoms with Crippen LogP contribution in [-0.2, 0) is 10.3 Å². The van der Waals surface area contributed by atoms with E-state index in [1.807, 2.05) is 12.1 Å². The van der Waals surface area contributed by atoms with Crippen LogP contribution < -0.4 is 0 Å². The molecule has 1 fully saturated rings. The van der Waals surface area contributed by atoms with Gasteiger partial charge in [0.05, 0.1) is 6.61 Å². The van der Waals surface area contributed by atoms with Gasteiger partial charge in [0.2, 0.25) is 0 Å². The number of hydrogen-bond acceptors (Lipinski definition) is 2. The average Bonchev–Trinajstić information content (AvgIpc) is 3.13. The maximum atomic E-state index is 10.7. The van der Waals surface area contributed by atoms with Gasteiger partial charge in [0, 0.05) is 7.11 Å². The molecule has 0 aromatic heterocycles. The largest absolute Gasteiger partial charge is 0.382 e. The fourth-order valence-electron chi connectivity index (χ4n) is 2.37. The summed E-state index contributed by atoms with van der Waals surface area (Å²) in [4.78, 5) is 0. The molecule has 1 aromatic carbocycles. The van der Waals surface area contributed by atoms with Crippen molar-refractivity contribution < 1.29 is 9.84 Å². The van der Waals surface area contributed by atoms with E-state index in [4.69, 9.17) is 4.74 Å². The lowest BCUT2D eigenvalue weighted by Gasteiger charge is -2.28. The molecule has 0 heterocycles. The molecular formula is C15H22O2. The lowest BCUT2D eigenvalue weighted by molar-refractivity contribution is -0.0532. The summed E-state index contributed by atoms with van der Waals surface area (Å²) in [7, 11) is 1.65. The molecule has 0 spiro atoms. The van der Waals surface area contributed by atoms with Crippen LogP contribution in [0.5, 0.6) is 0 Å². The van der Waals surface area contributed by atoms with E-state index in [2.05, 4.69) is 26.0 Å². The topological polar surface area (TPSA) is 29.5 Å². The molecule has 94 valence electrons. The van der Waals surface area contributed by atoms with Gasteiger partial charge in [-0.2, -0.15) is 0 Å². The van der Waals surface area contributed by atoms with Crippen LogP contribution in [-0.4, -0.2) is 18.8 Å². The van der Waals surface area contributed by atoms with Crippen LogP contribution >= 0.6 is 0 Å². The fraction of sp³-hybridized carbons (Fsp3) is 0.600. The van der Waals surface area contributed by atoms with Crippen molar-refractivity contribution in [2.45, 2.75) is 38.2 Å². The van der Waals surface area contributed by atoms with Gasteiger partial charge in [-0.1, -0.05) is 38.1 Å². The minimum absolute atomic E-state index is 0.368. The van der Waals surface area contributed by atoms with Gasteiger partial charge in [-0.25, -0.2) is 0 Å². The Balaban J connectivity index is 2.24. The van der Waals surface area contributed by atoms with Crippen LogP contribution in [0.25, 0.3) is 0 Å². The average molecular weight is 234 g/mol. The van der Waals surface area contributed by atoms with Crippen molar-refractivity contribution in [2.75, 3.05) is 13.7 Å². The highest BCUT2D eigenvalue weighted by atomic mass is 16.5. The van der Waals surface area contributed by atoms with Gasteiger partial charge < -0.3 is 9.84 Å². The van der Waals surface area contributed by atoms with Gasteiger partial charge in [0.25, 0.3) is 0 Å². The van der Waals surface area contributed by atoms with E-state index in [0.717, 1.165) is 18.4 Å². The summed E-state index contributed by atoms with van der Waals surface area (Å²) in [6.07, 6.45) is 2.21. The highest BCUT2D eigenvalue weighted by molar-refractivity contribution is 5.30. The van der Waals surface area contributed by atoms with E-state index in [-0.39, 0.29) is 0 Å². The smallest absolute Gasteiger partial charge is 0.116 e. The Morgan fingerprint density at radius 3 is 2.29 bits per heavy atom. The number of hydrogen-bond donors (Lipinski definition) is 1. The van der Waals surface area contributed by atoms with E-state index >= 15 is 0 Å². The van der Waals surface area contributed by atoms with Crippen LogP contribution in [0.4, 0.5) is 0 Å². The molecule has 17 heavy (non-hydrogen) atoms. The number of rotatable bonds is 5. The van der Waals surface area contributed by atoms with Gasteiger partial charge >= 0.3 is 0 Å². The number of aliphatic hydroxyl groups is 1. The van der Waals surface area contributed by atoms with Crippen molar-refractivity contribution in [2.24, 2.45) is 5.92 Å². The van der Waals surface area contributed by atoms with Gasteiger partial charge in [-0.3, -0.25) is 0 Å². The number of benzene rings is 1. The maximum absolute atomic E-state index is 10.7. The summed E-state index contributed by atoms with van der Waals surface area (Å²) in [5, 5.41) is 10.7. The Morgan fingerprint density at radius 2 is 1.88 bits per heavy atom. The molecule has 0 amide bonds. The molecular weight excluding hydrogens is 212 g/mol. The third-order valence-corrected chi connectivity index (χ3v) is 3.69. The molecule has 1 aromatic rings. The van der Waals surface area contributed by atoms with Gasteiger partial charge in [-0.15, -0.1) is 0 Å². The monoisotopic (exact) mass is 234 g/mol. The van der Waals surface area contributed by atoms with Crippen molar-refractivity contribution in [3.05, 3.63) is 35.4 Å². The first kappa shape index (κ1) is 12.6. The van der Waals surface area contributed by atoms with Crippen LogP contribution in [0.2, 0.25) is 0 Å². The first-order valence-electron chi connectivity index (χ1n) is 6.39. The molecule has 0 aliphatic heterocycles. The van der Waals surface area contributed by atoms with Crippen LogP contribution in [0, 0.1) is 5.92 Å². The van der Waals surface area contributed by atoms with Crippen LogP contribution in [0.1, 0.15) is 43.7 Å². The van der Waals surface area contributed by atoms with E-state index in [1.165, 1.54) is 5.56 Å².